The average molecular weight is 269 g/mol. The number of piperidine rings is 1. The van der Waals surface area contributed by atoms with Crippen LogP contribution in [0.5, 0.6) is 0 Å². The van der Waals surface area contributed by atoms with E-state index in [0.717, 1.165) is 43.5 Å². The first-order valence-corrected chi connectivity index (χ1v) is 7.06. The Kier molecular flexibility index (Phi) is 4.78. The van der Waals surface area contributed by atoms with Crippen molar-refractivity contribution in [1.82, 2.24) is 15.3 Å². The summed E-state index contributed by atoms with van der Waals surface area (Å²) in [5.74, 6) is 1.64. The molecule has 0 radical (unpaired) electrons. The molecule has 0 aromatic carbocycles. The molecule has 5 heteroatoms. The number of hydrogen-bond donors (Lipinski definition) is 2. The molecule has 4 nitrogen and oxygen atoms in total. The van der Waals surface area contributed by atoms with Gasteiger partial charge in [-0.05, 0) is 56.8 Å². The number of aryl methyl sites for hydroxylation is 1. The summed E-state index contributed by atoms with van der Waals surface area (Å²) in [7, 11) is 0. The number of nitrogens with one attached hydrogen (secondary N) is 2. The summed E-state index contributed by atoms with van der Waals surface area (Å²) in [5.41, 5.74) is 2.15. The summed E-state index contributed by atoms with van der Waals surface area (Å²) in [5, 5.41) is 7.16. The van der Waals surface area contributed by atoms with Crippen molar-refractivity contribution in [2.45, 2.75) is 33.1 Å². The Morgan fingerprint density at radius 1 is 1.33 bits per heavy atom. The molecule has 2 N–H and O–H groups in total. The molecule has 0 saturated carbocycles. The number of rotatable bonds is 4. The molecule has 0 aliphatic carbocycles. The predicted molar refractivity (Wildman–Crippen MR) is 75.2 cm³/mol. The normalized spacial score (nSPS) is 16.8. The minimum absolute atomic E-state index is 0.331. The number of nitrogens with zero attached hydrogens (tertiary/aromatic N) is 2. The first-order chi connectivity index (χ1) is 8.70. The molecule has 18 heavy (non-hydrogen) atoms. The summed E-state index contributed by atoms with van der Waals surface area (Å²) in [6.45, 7) is 7.33. The van der Waals surface area contributed by atoms with Gasteiger partial charge in [0.25, 0.3) is 0 Å². The SMILES string of the molecule is CCc1c(C)nc(Cl)nc1NCC1CCNCC1. The zero-order valence-corrected chi connectivity index (χ0v) is 11.8. The Morgan fingerprint density at radius 3 is 2.72 bits per heavy atom. The van der Waals surface area contributed by atoms with Crippen LogP contribution in [0.25, 0.3) is 0 Å². The lowest BCUT2D eigenvalue weighted by atomic mass is 9.98. The van der Waals surface area contributed by atoms with Gasteiger partial charge in [-0.2, -0.15) is 0 Å². The van der Waals surface area contributed by atoms with Crippen LogP contribution in [-0.2, 0) is 6.42 Å². The van der Waals surface area contributed by atoms with Crippen molar-refractivity contribution in [1.29, 1.82) is 0 Å². The van der Waals surface area contributed by atoms with Gasteiger partial charge in [-0.15, -0.1) is 0 Å². The third-order valence-electron chi connectivity index (χ3n) is 3.56. The van der Waals surface area contributed by atoms with E-state index in [1.54, 1.807) is 0 Å². The lowest BCUT2D eigenvalue weighted by Crippen LogP contribution is -2.31. The van der Waals surface area contributed by atoms with E-state index in [0.29, 0.717) is 5.28 Å². The second-order valence-electron chi connectivity index (χ2n) is 4.83. The van der Waals surface area contributed by atoms with Gasteiger partial charge in [-0.3, -0.25) is 0 Å². The highest BCUT2D eigenvalue weighted by atomic mass is 35.5. The highest BCUT2D eigenvalue weighted by molar-refractivity contribution is 6.28. The summed E-state index contributed by atoms with van der Waals surface area (Å²) in [6.07, 6.45) is 3.38. The summed E-state index contributed by atoms with van der Waals surface area (Å²) in [6, 6.07) is 0. The van der Waals surface area contributed by atoms with Gasteiger partial charge in [-0.1, -0.05) is 6.92 Å². The van der Waals surface area contributed by atoms with E-state index in [9.17, 15) is 0 Å². The molecule has 1 fully saturated rings. The molecule has 0 atom stereocenters. The van der Waals surface area contributed by atoms with Gasteiger partial charge in [0.1, 0.15) is 5.82 Å². The van der Waals surface area contributed by atoms with E-state index in [1.165, 1.54) is 18.4 Å². The predicted octanol–water partition coefficient (Wildman–Crippen LogP) is 2.41. The fraction of sp³-hybridized carbons (Fsp3) is 0.692. The Labute approximate surface area is 114 Å². The van der Waals surface area contributed by atoms with Crippen LogP contribution in [0.15, 0.2) is 0 Å². The van der Waals surface area contributed by atoms with Gasteiger partial charge in [0.2, 0.25) is 5.28 Å². The summed E-state index contributed by atoms with van der Waals surface area (Å²) >= 11 is 5.93. The van der Waals surface area contributed by atoms with Crippen molar-refractivity contribution in [3.8, 4) is 0 Å². The zero-order valence-electron chi connectivity index (χ0n) is 11.1. The van der Waals surface area contributed by atoms with E-state index in [1.807, 2.05) is 6.92 Å². The minimum atomic E-state index is 0.331. The molecule has 100 valence electrons. The van der Waals surface area contributed by atoms with E-state index in [-0.39, 0.29) is 0 Å². The quantitative estimate of drug-likeness (QED) is 0.824. The molecule has 2 rings (SSSR count). The van der Waals surface area contributed by atoms with E-state index in [4.69, 9.17) is 11.6 Å². The maximum absolute atomic E-state index is 5.93. The van der Waals surface area contributed by atoms with Crippen molar-refractivity contribution in [2.24, 2.45) is 5.92 Å². The van der Waals surface area contributed by atoms with Crippen molar-refractivity contribution in [2.75, 3.05) is 25.0 Å². The zero-order chi connectivity index (χ0) is 13.0. The van der Waals surface area contributed by atoms with Gasteiger partial charge in [-0.25, -0.2) is 9.97 Å². The summed E-state index contributed by atoms with van der Waals surface area (Å²) in [4.78, 5) is 8.52. The highest BCUT2D eigenvalue weighted by Crippen LogP contribution is 2.20. The molecular formula is C13H21ClN4. The third-order valence-corrected chi connectivity index (χ3v) is 3.73. The van der Waals surface area contributed by atoms with Gasteiger partial charge in [0.05, 0.1) is 0 Å². The summed E-state index contributed by atoms with van der Waals surface area (Å²) < 4.78 is 0. The first-order valence-electron chi connectivity index (χ1n) is 6.68. The Balaban J connectivity index is 2.03. The van der Waals surface area contributed by atoms with Crippen LogP contribution in [0.3, 0.4) is 0 Å². The van der Waals surface area contributed by atoms with Crippen LogP contribution < -0.4 is 10.6 Å². The molecule has 1 aromatic rings. The van der Waals surface area contributed by atoms with Crippen LogP contribution in [0.1, 0.15) is 31.0 Å². The maximum Gasteiger partial charge on any atom is 0.224 e. The number of aromatic nitrogens is 2. The van der Waals surface area contributed by atoms with Gasteiger partial charge >= 0.3 is 0 Å². The van der Waals surface area contributed by atoms with Crippen LogP contribution in [0.2, 0.25) is 5.28 Å². The Hall–Kier alpha value is -0.870. The number of anilines is 1. The van der Waals surface area contributed by atoms with Crippen molar-refractivity contribution in [3.63, 3.8) is 0 Å². The van der Waals surface area contributed by atoms with Gasteiger partial charge in [0, 0.05) is 17.8 Å². The van der Waals surface area contributed by atoms with Crippen molar-refractivity contribution < 1.29 is 0 Å². The molecule has 1 aromatic heterocycles. The second kappa shape index (κ2) is 6.34. The lowest BCUT2D eigenvalue weighted by molar-refractivity contribution is 0.389. The first kappa shape index (κ1) is 13.6. The molecule has 1 aliphatic heterocycles. The topological polar surface area (TPSA) is 49.8 Å². The molecular weight excluding hydrogens is 248 g/mol. The van der Waals surface area contributed by atoms with Crippen LogP contribution >= 0.6 is 11.6 Å². The smallest absolute Gasteiger partial charge is 0.224 e. The van der Waals surface area contributed by atoms with E-state index in [2.05, 4.69) is 27.5 Å². The standard InChI is InChI=1S/C13H21ClN4/c1-3-11-9(2)17-13(14)18-12(11)16-8-10-4-6-15-7-5-10/h10,15H,3-8H2,1-2H3,(H,16,17,18). The maximum atomic E-state index is 5.93. The second-order valence-corrected chi connectivity index (χ2v) is 5.17. The van der Waals surface area contributed by atoms with Gasteiger partial charge < -0.3 is 10.6 Å². The fourth-order valence-electron chi connectivity index (χ4n) is 2.46. The number of halogens is 1. The molecule has 0 spiro atoms. The molecule has 2 heterocycles. The van der Waals surface area contributed by atoms with Crippen LogP contribution in [-0.4, -0.2) is 29.6 Å². The third kappa shape index (κ3) is 3.33. The van der Waals surface area contributed by atoms with E-state index >= 15 is 0 Å². The molecule has 1 saturated heterocycles. The number of hydrogen-bond acceptors (Lipinski definition) is 4. The minimum Gasteiger partial charge on any atom is -0.369 e. The monoisotopic (exact) mass is 268 g/mol. The fourth-order valence-corrected chi connectivity index (χ4v) is 2.67. The lowest BCUT2D eigenvalue weighted by Gasteiger charge is -2.23. The van der Waals surface area contributed by atoms with Crippen LogP contribution in [0.4, 0.5) is 5.82 Å². The van der Waals surface area contributed by atoms with Crippen LogP contribution in [0, 0.1) is 12.8 Å². The molecule has 0 unspecified atom stereocenters. The van der Waals surface area contributed by atoms with Crippen molar-refractivity contribution >= 4 is 17.4 Å². The Morgan fingerprint density at radius 2 is 2.06 bits per heavy atom. The van der Waals surface area contributed by atoms with Gasteiger partial charge in [0.15, 0.2) is 0 Å². The average Bonchev–Trinajstić information content (AvgIpc) is 2.37. The molecule has 0 amide bonds. The van der Waals surface area contributed by atoms with E-state index < -0.39 is 0 Å². The Bertz CT molecular complexity index is 402. The van der Waals surface area contributed by atoms with Crippen molar-refractivity contribution in [3.05, 3.63) is 16.5 Å². The highest BCUT2D eigenvalue weighted by Gasteiger charge is 2.14. The largest absolute Gasteiger partial charge is 0.369 e. The molecule has 0 bridgehead atoms. The molecule has 1 aliphatic rings.